The molecule has 0 amide bonds. The van der Waals surface area contributed by atoms with Crippen molar-refractivity contribution in [3.05, 3.63) is 30.1 Å². The molecule has 7 nitrogen and oxygen atoms in total. The lowest BCUT2D eigenvalue weighted by Crippen LogP contribution is -2.11. The normalized spacial score (nSPS) is 10.1. The fourth-order valence-electron chi connectivity index (χ4n) is 1.29. The van der Waals surface area contributed by atoms with E-state index in [1.54, 1.807) is 12.3 Å². The number of nitrogens with two attached hydrogens (primary N) is 1. The summed E-state index contributed by atoms with van der Waals surface area (Å²) in [5.74, 6) is 6.60. The van der Waals surface area contributed by atoms with Crippen LogP contribution in [0.25, 0.3) is 0 Å². The third kappa shape index (κ3) is 3.28. The highest BCUT2D eigenvalue weighted by atomic mass is 32.2. The van der Waals surface area contributed by atoms with Gasteiger partial charge in [-0.05, 0) is 18.4 Å². The molecule has 0 spiro atoms. The van der Waals surface area contributed by atoms with Crippen LogP contribution in [-0.4, -0.2) is 26.4 Å². The molecule has 0 fully saturated rings. The Bertz CT molecular complexity index is 483. The number of hydrogen-bond acceptors (Lipinski definition) is 8. The first kappa shape index (κ1) is 12.5. The minimum absolute atomic E-state index is 0.544. The van der Waals surface area contributed by atoms with Gasteiger partial charge in [0, 0.05) is 12.3 Å². The van der Waals surface area contributed by atoms with Crippen LogP contribution in [0.2, 0.25) is 0 Å². The van der Waals surface area contributed by atoms with E-state index in [-0.39, 0.29) is 0 Å². The van der Waals surface area contributed by atoms with Crippen molar-refractivity contribution in [2.24, 2.45) is 5.84 Å². The monoisotopic (exact) mass is 263 g/mol. The number of thioether (sulfide) groups is 1. The van der Waals surface area contributed by atoms with Crippen LogP contribution in [0.3, 0.4) is 0 Å². The van der Waals surface area contributed by atoms with E-state index in [9.17, 15) is 0 Å². The topological polar surface area (TPSA) is 102 Å². The van der Waals surface area contributed by atoms with Crippen LogP contribution in [-0.2, 0) is 6.54 Å². The van der Waals surface area contributed by atoms with Gasteiger partial charge in [-0.3, -0.25) is 0 Å². The van der Waals surface area contributed by atoms with E-state index < -0.39 is 0 Å². The molecule has 0 aliphatic heterocycles. The molecule has 0 aromatic carbocycles. The molecule has 94 valence electrons. The molecule has 8 heteroatoms. The Morgan fingerprint density at radius 2 is 2.17 bits per heavy atom. The Balaban J connectivity index is 2.09. The Labute approximate surface area is 109 Å². The van der Waals surface area contributed by atoms with Crippen LogP contribution >= 0.6 is 11.8 Å². The van der Waals surface area contributed by atoms with Crippen LogP contribution < -0.4 is 16.6 Å². The van der Waals surface area contributed by atoms with Gasteiger partial charge in [-0.2, -0.15) is 10.2 Å². The molecule has 2 heterocycles. The lowest BCUT2D eigenvalue weighted by atomic mass is 10.4. The summed E-state index contributed by atoms with van der Waals surface area (Å²) in [7, 11) is 0. The average Bonchev–Trinajstić information content (AvgIpc) is 2.45. The first-order valence-electron chi connectivity index (χ1n) is 5.22. The van der Waals surface area contributed by atoms with E-state index in [1.807, 2.05) is 18.4 Å². The Morgan fingerprint density at radius 1 is 1.33 bits per heavy atom. The van der Waals surface area contributed by atoms with Gasteiger partial charge in [0.1, 0.15) is 11.6 Å². The quantitative estimate of drug-likeness (QED) is 0.316. The number of nitrogens with one attached hydrogen (secondary N) is 2. The second-order valence-electron chi connectivity index (χ2n) is 3.34. The van der Waals surface area contributed by atoms with Gasteiger partial charge in [-0.15, -0.1) is 0 Å². The molecule has 2 aromatic rings. The molecule has 0 atom stereocenters. The number of nitrogens with zero attached hydrogens (tertiary/aromatic N) is 4. The van der Waals surface area contributed by atoms with Crippen molar-refractivity contribution in [3.63, 3.8) is 0 Å². The van der Waals surface area contributed by atoms with Gasteiger partial charge in [-0.25, -0.2) is 15.8 Å². The number of aromatic nitrogens is 4. The third-order valence-electron chi connectivity index (χ3n) is 2.11. The molecule has 2 rings (SSSR count). The van der Waals surface area contributed by atoms with Crippen LogP contribution in [0.4, 0.5) is 11.6 Å². The minimum atomic E-state index is 0.544. The standard InChI is InChI=1S/C10H13N7S/c1-18-10-14-8(5-9(15-10)16-11)12-6-7-3-2-4-13-17-7/h2-5H,6,11H2,1H3,(H2,12,14,15,16). The molecule has 2 aromatic heterocycles. The molecule has 4 N–H and O–H groups in total. The summed E-state index contributed by atoms with van der Waals surface area (Å²) < 4.78 is 0. The van der Waals surface area contributed by atoms with Gasteiger partial charge >= 0.3 is 0 Å². The molecular formula is C10H13N7S. The molecule has 0 saturated heterocycles. The summed E-state index contributed by atoms with van der Waals surface area (Å²) in [5.41, 5.74) is 3.34. The second-order valence-corrected chi connectivity index (χ2v) is 4.11. The maximum Gasteiger partial charge on any atom is 0.191 e. The maximum atomic E-state index is 5.35. The zero-order chi connectivity index (χ0) is 12.8. The highest BCUT2D eigenvalue weighted by Gasteiger charge is 2.03. The minimum Gasteiger partial charge on any atom is -0.364 e. The summed E-state index contributed by atoms with van der Waals surface area (Å²) in [6.45, 7) is 0.544. The smallest absolute Gasteiger partial charge is 0.191 e. The molecule has 18 heavy (non-hydrogen) atoms. The lowest BCUT2D eigenvalue weighted by molar-refractivity contribution is 0.905. The average molecular weight is 263 g/mol. The lowest BCUT2D eigenvalue weighted by Gasteiger charge is -2.08. The number of hydrogen-bond donors (Lipinski definition) is 3. The predicted molar refractivity (Wildman–Crippen MR) is 71.0 cm³/mol. The molecule has 0 saturated carbocycles. The molecule has 0 bridgehead atoms. The summed E-state index contributed by atoms with van der Waals surface area (Å²) >= 11 is 1.45. The summed E-state index contributed by atoms with van der Waals surface area (Å²) in [6.07, 6.45) is 3.54. The van der Waals surface area contributed by atoms with E-state index in [2.05, 4.69) is 30.9 Å². The Hall–Kier alpha value is -1.93. The summed E-state index contributed by atoms with van der Waals surface area (Å²) in [5, 5.41) is 11.6. The highest BCUT2D eigenvalue weighted by Crippen LogP contribution is 2.16. The highest BCUT2D eigenvalue weighted by molar-refractivity contribution is 7.98. The van der Waals surface area contributed by atoms with Crippen LogP contribution in [0.1, 0.15) is 5.69 Å². The van der Waals surface area contributed by atoms with Gasteiger partial charge in [0.05, 0.1) is 12.2 Å². The van der Waals surface area contributed by atoms with E-state index in [4.69, 9.17) is 5.84 Å². The van der Waals surface area contributed by atoms with E-state index >= 15 is 0 Å². The van der Waals surface area contributed by atoms with Gasteiger partial charge in [0.2, 0.25) is 0 Å². The van der Waals surface area contributed by atoms with Crippen LogP contribution in [0.15, 0.2) is 29.6 Å². The summed E-state index contributed by atoms with van der Waals surface area (Å²) in [6, 6.07) is 5.46. The number of nitrogen functional groups attached to an aromatic ring is 1. The molecule has 0 aliphatic carbocycles. The third-order valence-corrected chi connectivity index (χ3v) is 2.66. The second kappa shape index (κ2) is 6.12. The van der Waals surface area contributed by atoms with Crippen LogP contribution in [0, 0.1) is 0 Å². The molecule has 0 aliphatic rings. The van der Waals surface area contributed by atoms with Crippen LogP contribution in [0.5, 0.6) is 0 Å². The Kier molecular flexibility index (Phi) is 4.26. The van der Waals surface area contributed by atoms with E-state index in [0.717, 1.165) is 5.69 Å². The molecular weight excluding hydrogens is 250 g/mol. The number of anilines is 2. The van der Waals surface area contributed by atoms with Gasteiger partial charge in [0.25, 0.3) is 0 Å². The van der Waals surface area contributed by atoms with Crippen molar-refractivity contribution in [2.45, 2.75) is 11.7 Å². The number of rotatable bonds is 5. The predicted octanol–water partition coefficient (Wildman–Crippen LogP) is 0.886. The van der Waals surface area contributed by atoms with Gasteiger partial charge < -0.3 is 10.7 Å². The summed E-state index contributed by atoms with van der Waals surface area (Å²) in [4.78, 5) is 8.49. The van der Waals surface area contributed by atoms with E-state index in [1.165, 1.54) is 11.8 Å². The van der Waals surface area contributed by atoms with Crippen molar-refractivity contribution in [2.75, 3.05) is 17.0 Å². The van der Waals surface area contributed by atoms with E-state index in [0.29, 0.717) is 23.3 Å². The SMILES string of the molecule is CSc1nc(NN)cc(NCc2cccnn2)n1. The molecule has 0 radical (unpaired) electrons. The van der Waals surface area contributed by atoms with Crippen molar-refractivity contribution >= 4 is 23.4 Å². The zero-order valence-electron chi connectivity index (χ0n) is 9.79. The van der Waals surface area contributed by atoms with Crippen molar-refractivity contribution < 1.29 is 0 Å². The van der Waals surface area contributed by atoms with Crippen molar-refractivity contribution in [3.8, 4) is 0 Å². The first-order valence-corrected chi connectivity index (χ1v) is 6.44. The fourth-order valence-corrected chi connectivity index (χ4v) is 1.67. The van der Waals surface area contributed by atoms with Gasteiger partial charge in [-0.1, -0.05) is 11.8 Å². The maximum absolute atomic E-state index is 5.35. The largest absolute Gasteiger partial charge is 0.364 e. The first-order chi connectivity index (χ1) is 8.81. The van der Waals surface area contributed by atoms with Crippen molar-refractivity contribution in [1.29, 1.82) is 0 Å². The van der Waals surface area contributed by atoms with Gasteiger partial charge in [0.15, 0.2) is 5.16 Å². The molecule has 0 unspecified atom stereocenters. The Morgan fingerprint density at radius 3 is 2.83 bits per heavy atom. The fraction of sp³-hybridized carbons (Fsp3) is 0.200. The van der Waals surface area contributed by atoms with Crippen molar-refractivity contribution in [1.82, 2.24) is 20.2 Å². The number of hydrazine groups is 1. The zero-order valence-corrected chi connectivity index (χ0v) is 10.6.